The number of nitrogens with zero attached hydrogens (tertiary/aromatic N) is 1. The largest absolute Gasteiger partial charge is 0.390 e. The van der Waals surface area contributed by atoms with Crippen LogP contribution in [0.4, 0.5) is 0 Å². The molecule has 0 saturated carbocycles. The Balaban J connectivity index is 1.76. The molecule has 0 bridgehead atoms. The van der Waals surface area contributed by atoms with Gasteiger partial charge in [-0.2, -0.15) is 11.3 Å². The fourth-order valence-electron chi connectivity index (χ4n) is 1.98. The van der Waals surface area contributed by atoms with Gasteiger partial charge in [-0.15, -0.1) is 0 Å². The van der Waals surface area contributed by atoms with E-state index in [9.17, 15) is 5.11 Å². The molecule has 0 spiro atoms. The average molecular weight is 241 g/mol. The molecule has 2 unspecified atom stereocenters. The Bertz CT molecular complexity index is 302. The summed E-state index contributed by atoms with van der Waals surface area (Å²) in [6.07, 6.45) is 1.36. The molecule has 1 fully saturated rings. The third-order valence-electron chi connectivity index (χ3n) is 3.03. The van der Waals surface area contributed by atoms with Crippen LogP contribution in [0.1, 0.15) is 12.0 Å². The molecular formula is C12H19NO2S. The summed E-state index contributed by atoms with van der Waals surface area (Å²) in [5.41, 5.74) is 1.31. The lowest BCUT2D eigenvalue weighted by molar-refractivity contribution is -0.0847. The fourth-order valence-corrected chi connectivity index (χ4v) is 2.68. The number of rotatable bonds is 4. The first-order valence-electron chi connectivity index (χ1n) is 5.75. The number of hydrogen-bond donors (Lipinski definition) is 1. The predicted octanol–water partition coefficient (Wildman–Crippen LogP) is 1.37. The van der Waals surface area contributed by atoms with Crippen molar-refractivity contribution in [2.45, 2.75) is 25.0 Å². The van der Waals surface area contributed by atoms with Crippen LogP contribution in [0.15, 0.2) is 16.8 Å². The quantitative estimate of drug-likeness (QED) is 0.864. The van der Waals surface area contributed by atoms with Crippen LogP contribution in [0.5, 0.6) is 0 Å². The Labute approximate surface area is 101 Å². The molecule has 1 aliphatic heterocycles. The molecule has 0 aromatic carbocycles. The molecule has 2 atom stereocenters. The van der Waals surface area contributed by atoms with Crippen molar-refractivity contribution in [2.24, 2.45) is 0 Å². The van der Waals surface area contributed by atoms with Crippen molar-refractivity contribution < 1.29 is 9.84 Å². The Hall–Kier alpha value is -0.420. The van der Waals surface area contributed by atoms with Crippen molar-refractivity contribution in [3.63, 3.8) is 0 Å². The van der Waals surface area contributed by atoms with Crippen LogP contribution >= 0.6 is 11.3 Å². The van der Waals surface area contributed by atoms with Gasteiger partial charge in [-0.1, -0.05) is 0 Å². The molecule has 1 aromatic rings. The summed E-state index contributed by atoms with van der Waals surface area (Å²) in [5, 5.41) is 14.3. The van der Waals surface area contributed by atoms with E-state index >= 15 is 0 Å². The van der Waals surface area contributed by atoms with Gasteiger partial charge in [0.1, 0.15) is 0 Å². The van der Waals surface area contributed by atoms with Gasteiger partial charge in [-0.3, -0.25) is 0 Å². The average Bonchev–Trinajstić information content (AvgIpc) is 2.78. The summed E-state index contributed by atoms with van der Waals surface area (Å²) in [6.45, 7) is 2.54. The summed E-state index contributed by atoms with van der Waals surface area (Å²) in [5.74, 6) is 0. The van der Waals surface area contributed by atoms with Gasteiger partial charge in [-0.05, 0) is 42.3 Å². The van der Waals surface area contributed by atoms with Gasteiger partial charge in [0.2, 0.25) is 0 Å². The highest BCUT2D eigenvalue weighted by Crippen LogP contribution is 2.14. The maximum Gasteiger partial charge on any atom is 0.0960 e. The van der Waals surface area contributed by atoms with Crippen LogP contribution in [0.2, 0.25) is 0 Å². The monoisotopic (exact) mass is 241 g/mol. The molecule has 0 radical (unpaired) electrons. The molecule has 0 amide bonds. The van der Waals surface area contributed by atoms with Crippen LogP contribution in [-0.2, 0) is 11.2 Å². The van der Waals surface area contributed by atoms with E-state index in [0.29, 0.717) is 0 Å². The van der Waals surface area contributed by atoms with E-state index in [-0.39, 0.29) is 12.2 Å². The van der Waals surface area contributed by atoms with Crippen molar-refractivity contribution in [1.29, 1.82) is 0 Å². The molecule has 90 valence electrons. The van der Waals surface area contributed by atoms with Gasteiger partial charge in [-0.25, -0.2) is 0 Å². The zero-order valence-corrected chi connectivity index (χ0v) is 10.4. The van der Waals surface area contributed by atoms with Gasteiger partial charge in [0, 0.05) is 13.1 Å². The van der Waals surface area contributed by atoms with Crippen molar-refractivity contribution in [2.75, 3.05) is 26.7 Å². The van der Waals surface area contributed by atoms with Gasteiger partial charge in [0.15, 0.2) is 0 Å². The number of hydrogen-bond acceptors (Lipinski definition) is 4. The Morgan fingerprint density at radius 2 is 2.56 bits per heavy atom. The normalized spacial score (nSPS) is 24.5. The van der Waals surface area contributed by atoms with Gasteiger partial charge < -0.3 is 14.7 Å². The third-order valence-corrected chi connectivity index (χ3v) is 3.77. The molecule has 2 heterocycles. The lowest BCUT2D eigenvalue weighted by atomic mass is 10.0. The maximum absolute atomic E-state index is 10.0. The van der Waals surface area contributed by atoms with Crippen LogP contribution in [0, 0.1) is 0 Å². The van der Waals surface area contributed by atoms with Crippen LogP contribution in [-0.4, -0.2) is 49.0 Å². The minimum absolute atomic E-state index is 0.0163. The van der Waals surface area contributed by atoms with Gasteiger partial charge in [0.25, 0.3) is 0 Å². The number of aliphatic hydroxyl groups is 1. The summed E-state index contributed by atoms with van der Waals surface area (Å²) < 4.78 is 5.59. The third kappa shape index (κ3) is 3.28. The topological polar surface area (TPSA) is 32.7 Å². The number of aliphatic hydroxyl groups excluding tert-OH is 1. The zero-order chi connectivity index (χ0) is 11.4. The van der Waals surface area contributed by atoms with E-state index in [0.717, 1.165) is 32.5 Å². The molecule has 0 aliphatic carbocycles. The molecule has 1 aliphatic rings. The molecule has 2 rings (SSSR count). The second kappa shape index (κ2) is 5.77. The highest BCUT2D eigenvalue weighted by atomic mass is 32.1. The predicted molar refractivity (Wildman–Crippen MR) is 65.9 cm³/mol. The molecular weight excluding hydrogens is 222 g/mol. The van der Waals surface area contributed by atoms with E-state index in [1.807, 2.05) is 0 Å². The number of aryl methyl sites for hydroxylation is 1. The smallest absolute Gasteiger partial charge is 0.0960 e. The Morgan fingerprint density at radius 3 is 3.25 bits per heavy atom. The van der Waals surface area contributed by atoms with E-state index in [2.05, 4.69) is 28.8 Å². The van der Waals surface area contributed by atoms with E-state index < -0.39 is 0 Å². The summed E-state index contributed by atoms with van der Waals surface area (Å²) in [6, 6.07) is 2.12. The maximum atomic E-state index is 10.0. The highest BCUT2D eigenvalue weighted by molar-refractivity contribution is 7.07. The minimum atomic E-state index is -0.345. The summed E-state index contributed by atoms with van der Waals surface area (Å²) in [4.78, 5) is 2.21. The number of ether oxygens (including phenoxy) is 1. The first-order valence-corrected chi connectivity index (χ1v) is 6.69. The van der Waals surface area contributed by atoms with Crippen molar-refractivity contribution in [1.82, 2.24) is 4.90 Å². The summed E-state index contributed by atoms with van der Waals surface area (Å²) in [7, 11) is 2.07. The van der Waals surface area contributed by atoms with Gasteiger partial charge in [0.05, 0.1) is 18.8 Å². The van der Waals surface area contributed by atoms with E-state index in [4.69, 9.17) is 4.74 Å². The van der Waals surface area contributed by atoms with Gasteiger partial charge >= 0.3 is 0 Å². The Kier molecular flexibility index (Phi) is 4.35. The Morgan fingerprint density at radius 1 is 1.69 bits per heavy atom. The van der Waals surface area contributed by atoms with Crippen LogP contribution in [0.25, 0.3) is 0 Å². The fraction of sp³-hybridized carbons (Fsp3) is 0.667. The second-order valence-corrected chi connectivity index (χ2v) is 5.19. The van der Waals surface area contributed by atoms with E-state index in [1.54, 1.807) is 11.3 Å². The highest BCUT2D eigenvalue weighted by Gasteiger charge is 2.24. The minimum Gasteiger partial charge on any atom is -0.390 e. The summed E-state index contributed by atoms with van der Waals surface area (Å²) >= 11 is 1.71. The second-order valence-electron chi connectivity index (χ2n) is 4.41. The van der Waals surface area contributed by atoms with Crippen molar-refractivity contribution in [3.05, 3.63) is 22.4 Å². The molecule has 1 N–H and O–H groups in total. The van der Waals surface area contributed by atoms with Crippen molar-refractivity contribution >= 4 is 11.3 Å². The molecule has 16 heavy (non-hydrogen) atoms. The SMILES string of the molecule is CN1CCOC(C(O)CCc2ccsc2)C1. The molecule has 3 nitrogen and oxygen atoms in total. The molecule has 1 aromatic heterocycles. The van der Waals surface area contributed by atoms with Crippen molar-refractivity contribution in [3.8, 4) is 0 Å². The van der Waals surface area contributed by atoms with Crippen LogP contribution < -0.4 is 0 Å². The van der Waals surface area contributed by atoms with Crippen LogP contribution in [0.3, 0.4) is 0 Å². The number of thiophene rings is 1. The number of likely N-dealkylation sites (N-methyl/N-ethyl adjacent to an activating group) is 1. The van der Waals surface area contributed by atoms with E-state index in [1.165, 1.54) is 5.56 Å². The lowest BCUT2D eigenvalue weighted by Gasteiger charge is -2.32. The molecule has 1 saturated heterocycles. The lowest BCUT2D eigenvalue weighted by Crippen LogP contribution is -2.46. The zero-order valence-electron chi connectivity index (χ0n) is 9.63. The number of morpholine rings is 1. The first kappa shape index (κ1) is 12.0. The standard InChI is InChI=1S/C12H19NO2S/c1-13-5-6-15-12(8-13)11(14)3-2-10-4-7-16-9-10/h4,7,9,11-12,14H,2-3,5-6,8H2,1H3. The first-order chi connectivity index (χ1) is 7.75. The molecule has 4 heteroatoms.